The van der Waals surface area contributed by atoms with Crippen LogP contribution in [-0.2, 0) is 15.5 Å². The lowest BCUT2D eigenvalue weighted by molar-refractivity contribution is 0.474. The molecule has 0 aromatic heterocycles. The van der Waals surface area contributed by atoms with Crippen LogP contribution < -0.4 is 0 Å². The molecule has 5 heteroatoms. The van der Waals surface area contributed by atoms with E-state index in [1.807, 2.05) is 0 Å². The molecule has 0 amide bonds. The second kappa shape index (κ2) is 4.48. The minimum Gasteiger partial charge on any atom is -0.508 e. The van der Waals surface area contributed by atoms with Crippen LogP contribution in [0.4, 0.5) is 0 Å². The molecule has 0 unspecified atom stereocenters. The summed E-state index contributed by atoms with van der Waals surface area (Å²) in [5, 5.41) is 10.0. The van der Waals surface area contributed by atoms with Gasteiger partial charge in [-0.25, -0.2) is 8.42 Å². The Bertz CT molecular complexity index is 437. The van der Waals surface area contributed by atoms with Crippen molar-refractivity contribution >= 4 is 19.7 Å². The number of aromatic hydroxyl groups is 1. The minimum atomic E-state index is -3.58. The van der Waals surface area contributed by atoms with E-state index < -0.39 is 9.05 Å². The average molecular weight is 233 g/mol. The zero-order chi connectivity index (χ0) is 10.6. The monoisotopic (exact) mass is 232 g/mol. The summed E-state index contributed by atoms with van der Waals surface area (Å²) in [6, 6.07) is 6.58. The molecule has 0 radical (unpaired) electrons. The molecule has 0 spiro atoms. The number of benzene rings is 1. The number of phenolic OH excluding ortho intramolecular Hbond substituents is 1. The highest BCUT2D eigenvalue weighted by Crippen LogP contribution is 2.12. The van der Waals surface area contributed by atoms with E-state index in [-0.39, 0.29) is 5.75 Å². The topological polar surface area (TPSA) is 54.4 Å². The predicted octanol–water partition coefficient (Wildman–Crippen LogP) is 2.02. The van der Waals surface area contributed by atoms with Gasteiger partial charge < -0.3 is 5.11 Å². The van der Waals surface area contributed by atoms with Crippen LogP contribution in [0.3, 0.4) is 0 Å². The first-order valence-corrected chi connectivity index (χ1v) is 6.24. The summed E-state index contributed by atoms with van der Waals surface area (Å²) < 4.78 is 21.0. The predicted molar refractivity (Wildman–Crippen MR) is 55.7 cm³/mol. The van der Waals surface area contributed by atoms with Crippen molar-refractivity contribution in [3.63, 3.8) is 0 Å². The van der Waals surface area contributed by atoms with Gasteiger partial charge in [0.25, 0.3) is 9.05 Å². The smallest absolute Gasteiger partial charge is 0.254 e. The summed E-state index contributed by atoms with van der Waals surface area (Å²) in [7, 11) is 1.39. The van der Waals surface area contributed by atoms with Crippen LogP contribution >= 0.6 is 10.7 Å². The van der Waals surface area contributed by atoms with Crippen molar-refractivity contribution in [1.29, 1.82) is 0 Å². The van der Waals surface area contributed by atoms with E-state index in [2.05, 4.69) is 0 Å². The molecule has 1 N–H and O–H groups in total. The molecule has 1 aromatic carbocycles. The van der Waals surface area contributed by atoms with E-state index in [1.54, 1.807) is 24.3 Å². The van der Waals surface area contributed by atoms with E-state index >= 15 is 0 Å². The molecule has 0 aliphatic carbocycles. The van der Waals surface area contributed by atoms with Crippen LogP contribution in [-0.4, -0.2) is 13.5 Å². The molecular formula is C9H9ClO3S. The summed E-state index contributed by atoms with van der Waals surface area (Å²) in [6.07, 6.45) is 1.84. The van der Waals surface area contributed by atoms with Crippen molar-refractivity contribution in [2.45, 2.75) is 6.42 Å². The molecule has 1 aromatic rings. The van der Waals surface area contributed by atoms with Gasteiger partial charge in [0.2, 0.25) is 0 Å². The van der Waals surface area contributed by atoms with Crippen molar-refractivity contribution in [2.24, 2.45) is 0 Å². The van der Waals surface area contributed by atoms with E-state index in [9.17, 15) is 8.42 Å². The van der Waals surface area contributed by atoms with Gasteiger partial charge in [-0.3, -0.25) is 0 Å². The van der Waals surface area contributed by atoms with Gasteiger partial charge in [0.05, 0.1) is 0 Å². The Labute approximate surface area is 87.1 Å². The molecule has 0 atom stereocenters. The number of phenols is 1. The van der Waals surface area contributed by atoms with Gasteiger partial charge in [0, 0.05) is 16.1 Å². The molecule has 0 fully saturated rings. The number of hydrogen-bond donors (Lipinski definition) is 1. The summed E-state index contributed by atoms with van der Waals surface area (Å²) in [5.74, 6) is 0.157. The lowest BCUT2D eigenvalue weighted by Gasteiger charge is -1.96. The van der Waals surface area contributed by atoms with Crippen LogP contribution in [0.15, 0.2) is 35.7 Å². The molecule has 14 heavy (non-hydrogen) atoms. The maximum absolute atomic E-state index is 10.5. The third kappa shape index (κ3) is 4.30. The maximum atomic E-state index is 10.5. The fourth-order valence-electron chi connectivity index (χ4n) is 0.983. The Kier molecular flexibility index (Phi) is 3.55. The van der Waals surface area contributed by atoms with Crippen molar-refractivity contribution in [1.82, 2.24) is 0 Å². The molecular weight excluding hydrogens is 224 g/mol. The quantitative estimate of drug-likeness (QED) is 0.812. The normalized spacial score (nSPS) is 12.1. The third-order valence-electron chi connectivity index (χ3n) is 1.52. The van der Waals surface area contributed by atoms with Crippen molar-refractivity contribution in [2.75, 3.05) is 0 Å². The average Bonchev–Trinajstić information content (AvgIpc) is 2.01. The van der Waals surface area contributed by atoms with Crippen molar-refractivity contribution < 1.29 is 13.5 Å². The molecule has 0 aliphatic heterocycles. The van der Waals surface area contributed by atoms with Gasteiger partial charge in [-0.1, -0.05) is 18.2 Å². The van der Waals surface area contributed by atoms with E-state index in [0.29, 0.717) is 6.42 Å². The Morgan fingerprint density at radius 1 is 1.43 bits per heavy atom. The second-order valence-electron chi connectivity index (χ2n) is 2.72. The van der Waals surface area contributed by atoms with E-state index in [1.165, 1.54) is 6.08 Å². The highest BCUT2D eigenvalue weighted by molar-refractivity contribution is 8.16. The SMILES string of the molecule is O=S(=O)(Cl)/C=C\Cc1cccc(O)c1. The molecule has 0 saturated heterocycles. The van der Waals surface area contributed by atoms with Crippen LogP contribution in [0.1, 0.15) is 5.56 Å². The van der Waals surface area contributed by atoms with Crippen LogP contribution in [0.5, 0.6) is 5.75 Å². The van der Waals surface area contributed by atoms with Gasteiger partial charge in [-0.2, -0.15) is 0 Å². The fraction of sp³-hybridized carbons (Fsp3) is 0.111. The van der Waals surface area contributed by atoms with Crippen LogP contribution in [0.25, 0.3) is 0 Å². The molecule has 3 nitrogen and oxygen atoms in total. The zero-order valence-corrected chi connectivity index (χ0v) is 8.79. The van der Waals surface area contributed by atoms with Crippen LogP contribution in [0.2, 0.25) is 0 Å². The summed E-state index contributed by atoms with van der Waals surface area (Å²) in [4.78, 5) is 0. The highest BCUT2D eigenvalue weighted by Gasteiger charge is 1.96. The summed E-state index contributed by atoms with van der Waals surface area (Å²) in [6.45, 7) is 0. The van der Waals surface area contributed by atoms with Crippen LogP contribution in [0, 0.1) is 0 Å². The number of allylic oxidation sites excluding steroid dienone is 1. The highest BCUT2D eigenvalue weighted by atomic mass is 35.7. The Balaban J connectivity index is 2.67. The second-order valence-corrected chi connectivity index (χ2v) is 5.24. The first-order valence-electron chi connectivity index (χ1n) is 3.86. The van der Waals surface area contributed by atoms with Gasteiger partial charge >= 0.3 is 0 Å². The standard InChI is InChI=1S/C9H9ClO3S/c10-14(12,13)6-2-4-8-3-1-5-9(11)7-8/h1-3,5-7,11H,4H2/b6-2-. The molecule has 0 bridgehead atoms. The summed E-state index contributed by atoms with van der Waals surface area (Å²) >= 11 is 0. The molecule has 0 heterocycles. The van der Waals surface area contributed by atoms with Gasteiger partial charge in [0.1, 0.15) is 5.75 Å². The molecule has 1 rings (SSSR count). The first kappa shape index (κ1) is 11.1. The number of rotatable bonds is 3. The number of hydrogen-bond acceptors (Lipinski definition) is 3. The molecule has 0 aliphatic rings. The molecule has 76 valence electrons. The van der Waals surface area contributed by atoms with Crippen molar-refractivity contribution in [3.8, 4) is 5.75 Å². The van der Waals surface area contributed by atoms with E-state index in [4.69, 9.17) is 15.8 Å². The van der Waals surface area contributed by atoms with Gasteiger partial charge in [0.15, 0.2) is 0 Å². The first-order chi connectivity index (χ1) is 6.47. The van der Waals surface area contributed by atoms with E-state index in [0.717, 1.165) is 11.0 Å². The zero-order valence-electron chi connectivity index (χ0n) is 7.22. The Morgan fingerprint density at radius 3 is 2.71 bits per heavy atom. The van der Waals surface area contributed by atoms with Gasteiger partial charge in [-0.05, 0) is 24.1 Å². The van der Waals surface area contributed by atoms with Crippen molar-refractivity contribution in [3.05, 3.63) is 41.3 Å². The lowest BCUT2D eigenvalue weighted by atomic mass is 10.1. The third-order valence-corrected chi connectivity index (χ3v) is 2.35. The Hall–Kier alpha value is -1.00. The lowest BCUT2D eigenvalue weighted by Crippen LogP contribution is -1.83. The Morgan fingerprint density at radius 2 is 2.14 bits per heavy atom. The van der Waals surface area contributed by atoms with Gasteiger partial charge in [-0.15, -0.1) is 0 Å². The fourth-order valence-corrected chi connectivity index (χ4v) is 1.53. The summed E-state index contributed by atoms with van der Waals surface area (Å²) in [5.41, 5.74) is 0.821. The largest absolute Gasteiger partial charge is 0.508 e. The molecule has 0 saturated carbocycles. The minimum absolute atomic E-state index is 0.157. The maximum Gasteiger partial charge on any atom is 0.254 e. The number of halogens is 1.